The van der Waals surface area contributed by atoms with Crippen molar-refractivity contribution in [3.63, 3.8) is 0 Å². The summed E-state index contributed by atoms with van der Waals surface area (Å²) in [6, 6.07) is 5.13. The molecule has 1 N–H and O–H groups in total. The Morgan fingerprint density at radius 2 is 2.20 bits per heavy atom. The van der Waals surface area contributed by atoms with Crippen LogP contribution in [0.5, 0.6) is 0 Å². The summed E-state index contributed by atoms with van der Waals surface area (Å²) < 4.78 is 1.52. The van der Waals surface area contributed by atoms with Crippen LogP contribution in [0, 0.1) is 0 Å². The van der Waals surface area contributed by atoms with Crippen LogP contribution in [0.1, 0.15) is 10.4 Å². The maximum absolute atomic E-state index is 11.6. The topological polar surface area (TPSA) is 29.1 Å². The first-order valence-electron chi connectivity index (χ1n) is 4.07. The van der Waals surface area contributed by atoms with Crippen LogP contribution in [-0.4, -0.2) is 12.5 Å². The summed E-state index contributed by atoms with van der Waals surface area (Å²) in [7, 11) is 0. The molecule has 1 amide bonds. The van der Waals surface area contributed by atoms with Gasteiger partial charge in [0.05, 0.1) is 10.6 Å². The molecular weight excluding hydrogens is 345 g/mol. The van der Waals surface area contributed by atoms with Gasteiger partial charge >= 0.3 is 0 Å². The van der Waals surface area contributed by atoms with Crippen molar-refractivity contribution >= 4 is 49.4 Å². The Morgan fingerprint density at radius 3 is 2.80 bits per heavy atom. The molecule has 0 unspecified atom stereocenters. The van der Waals surface area contributed by atoms with Gasteiger partial charge in [-0.1, -0.05) is 50.0 Å². The van der Waals surface area contributed by atoms with Crippen molar-refractivity contribution in [2.75, 3.05) is 6.54 Å². The van der Waals surface area contributed by atoms with Gasteiger partial charge in [-0.2, -0.15) is 0 Å². The molecule has 0 saturated heterocycles. The zero-order valence-corrected chi connectivity index (χ0v) is 11.6. The summed E-state index contributed by atoms with van der Waals surface area (Å²) >= 11 is 12.3. The molecule has 0 fully saturated rings. The quantitative estimate of drug-likeness (QED) is 0.881. The SMILES string of the molecule is C=C(Br)CNC(=O)c1cc(Br)ccc1Cl. The molecule has 0 radical (unpaired) electrons. The largest absolute Gasteiger partial charge is 0.347 e. The van der Waals surface area contributed by atoms with Gasteiger partial charge in [0.2, 0.25) is 0 Å². The second-order valence-corrected chi connectivity index (χ2v) is 5.27. The van der Waals surface area contributed by atoms with Gasteiger partial charge in [0, 0.05) is 15.5 Å². The maximum Gasteiger partial charge on any atom is 0.253 e. The number of hydrogen-bond acceptors (Lipinski definition) is 1. The van der Waals surface area contributed by atoms with E-state index in [1.165, 1.54) is 0 Å². The highest BCUT2D eigenvalue weighted by molar-refractivity contribution is 9.11. The lowest BCUT2D eigenvalue weighted by atomic mass is 10.2. The van der Waals surface area contributed by atoms with Crippen LogP contribution >= 0.6 is 43.5 Å². The van der Waals surface area contributed by atoms with Crippen LogP contribution in [0.15, 0.2) is 33.7 Å². The zero-order chi connectivity index (χ0) is 11.4. The number of carbonyl (C=O) groups is 1. The normalized spacial score (nSPS) is 9.80. The number of carbonyl (C=O) groups excluding carboxylic acids is 1. The summed E-state index contributed by atoms with van der Waals surface area (Å²) in [6.07, 6.45) is 0. The first-order chi connectivity index (χ1) is 7.00. The number of hydrogen-bond donors (Lipinski definition) is 1. The van der Waals surface area contributed by atoms with Crippen LogP contribution < -0.4 is 5.32 Å². The van der Waals surface area contributed by atoms with Crippen molar-refractivity contribution in [2.24, 2.45) is 0 Å². The van der Waals surface area contributed by atoms with Crippen molar-refractivity contribution < 1.29 is 4.79 Å². The second kappa shape index (κ2) is 5.68. The maximum atomic E-state index is 11.6. The summed E-state index contributed by atoms with van der Waals surface area (Å²) in [5.41, 5.74) is 0.444. The molecule has 0 aliphatic rings. The highest BCUT2D eigenvalue weighted by Crippen LogP contribution is 2.20. The molecule has 1 aromatic carbocycles. The average molecular weight is 353 g/mol. The number of amides is 1. The lowest BCUT2D eigenvalue weighted by Crippen LogP contribution is -2.24. The molecule has 0 bridgehead atoms. The van der Waals surface area contributed by atoms with E-state index in [9.17, 15) is 4.79 Å². The third-order valence-electron chi connectivity index (χ3n) is 1.61. The fraction of sp³-hybridized carbons (Fsp3) is 0.100. The summed E-state index contributed by atoms with van der Waals surface area (Å²) in [5, 5.41) is 3.10. The molecule has 0 saturated carbocycles. The van der Waals surface area contributed by atoms with Gasteiger partial charge in [-0.25, -0.2) is 0 Å². The first-order valence-corrected chi connectivity index (χ1v) is 6.03. The highest BCUT2D eigenvalue weighted by Gasteiger charge is 2.10. The van der Waals surface area contributed by atoms with Gasteiger partial charge in [-0.15, -0.1) is 0 Å². The van der Waals surface area contributed by atoms with Crippen molar-refractivity contribution in [3.8, 4) is 0 Å². The summed E-state index contributed by atoms with van der Waals surface area (Å²) in [5.74, 6) is -0.220. The monoisotopic (exact) mass is 351 g/mol. The minimum atomic E-state index is -0.220. The molecular formula is C10H8Br2ClNO. The minimum absolute atomic E-state index is 0.220. The van der Waals surface area contributed by atoms with Crippen LogP contribution in [0.4, 0.5) is 0 Å². The van der Waals surface area contributed by atoms with Crippen molar-refractivity contribution in [1.29, 1.82) is 0 Å². The Morgan fingerprint density at radius 1 is 1.53 bits per heavy atom. The van der Waals surface area contributed by atoms with Gasteiger partial charge in [-0.3, -0.25) is 4.79 Å². The number of nitrogens with one attached hydrogen (secondary N) is 1. The molecule has 80 valence electrons. The Hall–Kier alpha value is -0.320. The van der Waals surface area contributed by atoms with Gasteiger partial charge in [0.25, 0.3) is 5.91 Å². The van der Waals surface area contributed by atoms with Crippen molar-refractivity contribution in [2.45, 2.75) is 0 Å². The molecule has 15 heavy (non-hydrogen) atoms. The fourth-order valence-corrected chi connectivity index (χ4v) is 1.65. The molecule has 2 nitrogen and oxygen atoms in total. The molecule has 0 heterocycles. The number of halogens is 3. The van der Waals surface area contributed by atoms with Gasteiger partial charge < -0.3 is 5.32 Å². The van der Waals surface area contributed by atoms with E-state index in [2.05, 4.69) is 43.8 Å². The van der Waals surface area contributed by atoms with E-state index in [1.807, 2.05) is 0 Å². The molecule has 0 aromatic heterocycles. The predicted molar refractivity (Wildman–Crippen MR) is 69.6 cm³/mol. The number of benzene rings is 1. The second-order valence-electron chi connectivity index (χ2n) is 2.82. The standard InChI is InChI=1S/C10H8Br2ClNO/c1-6(11)5-14-10(15)8-4-7(12)2-3-9(8)13/h2-4H,1,5H2,(H,14,15). The van der Waals surface area contributed by atoms with Gasteiger partial charge in [0.15, 0.2) is 0 Å². The predicted octanol–water partition coefficient (Wildman–Crippen LogP) is 3.74. The third-order valence-corrected chi connectivity index (χ3v) is 2.72. The number of rotatable bonds is 3. The molecule has 1 aromatic rings. The van der Waals surface area contributed by atoms with E-state index in [4.69, 9.17) is 11.6 Å². The Bertz CT molecular complexity index is 406. The lowest BCUT2D eigenvalue weighted by Gasteiger charge is -2.06. The average Bonchev–Trinajstić information content (AvgIpc) is 2.18. The van der Waals surface area contributed by atoms with Gasteiger partial charge in [0.1, 0.15) is 0 Å². The van der Waals surface area contributed by atoms with Crippen molar-refractivity contribution in [1.82, 2.24) is 5.32 Å². The zero-order valence-electron chi connectivity index (χ0n) is 7.69. The third kappa shape index (κ3) is 3.97. The van der Waals surface area contributed by atoms with E-state index < -0.39 is 0 Å². The molecule has 0 aliphatic carbocycles. The van der Waals surface area contributed by atoms with E-state index >= 15 is 0 Å². The van der Waals surface area contributed by atoms with Crippen LogP contribution in [-0.2, 0) is 0 Å². The summed E-state index contributed by atoms with van der Waals surface area (Å²) in [4.78, 5) is 11.6. The van der Waals surface area contributed by atoms with Crippen LogP contribution in [0.2, 0.25) is 5.02 Å². The Balaban J connectivity index is 2.81. The van der Waals surface area contributed by atoms with E-state index in [0.29, 0.717) is 21.6 Å². The Labute approximate surface area is 110 Å². The van der Waals surface area contributed by atoms with E-state index in [1.54, 1.807) is 18.2 Å². The molecule has 0 spiro atoms. The molecule has 5 heteroatoms. The van der Waals surface area contributed by atoms with E-state index in [0.717, 1.165) is 4.47 Å². The highest BCUT2D eigenvalue weighted by atomic mass is 79.9. The van der Waals surface area contributed by atoms with Gasteiger partial charge in [-0.05, 0) is 18.2 Å². The molecule has 1 rings (SSSR count). The van der Waals surface area contributed by atoms with E-state index in [-0.39, 0.29) is 5.91 Å². The van der Waals surface area contributed by atoms with Crippen LogP contribution in [0.3, 0.4) is 0 Å². The summed E-state index contributed by atoms with van der Waals surface area (Å²) in [6.45, 7) is 4.00. The smallest absolute Gasteiger partial charge is 0.253 e. The van der Waals surface area contributed by atoms with Crippen LogP contribution in [0.25, 0.3) is 0 Å². The molecule has 0 atom stereocenters. The molecule has 0 aliphatic heterocycles. The Kier molecular flexibility index (Phi) is 4.83. The first kappa shape index (κ1) is 12.7. The minimum Gasteiger partial charge on any atom is -0.347 e. The lowest BCUT2D eigenvalue weighted by molar-refractivity contribution is 0.0958. The fourth-order valence-electron chi connectivity index (χ4n) is 0.943. The van der Waals surface area contributed by atoms with Crippen molar-refractivity contribution in [3.05, 3.63) is 44.3 Å².